The quantitative estimate of drug-likeness (QED) is 0.518. The number of ether oxygens (including phenoxy) is 1. The lowest BCUT2D eigenvalue weighted by molar-refractivity contribution is -0.385. The fraction of sp³-hybridized carbons (Fsp3) is 0.357. The Morgan fingerprint density at radius 1 is 1.52 bits per heavy atom. The van der Waals surface area contributed by atoms with Gasteiger partial charge in [0.2, 0.25) is 0 Å². The van der Waals surface area contributed by atoms with E-state index in [1.165, 1.54) is 6.07 Å². The van der Waals surface area contributed by atoms with Gasteiger partial charge in [-0.15, -0.1) is 0 Å². The first kappa shape index (κ1) is 15.0. The van der Waals surface area contributed by atoms with Gasteiger partial charge in [-0.2, -0.15) is 0 Å². The van der Waals surface area contributed by atoms with Gasteiger partial charge in [-0.05, 0) is 24.1 Å². The number of carbonyl (C=O) groups excluding carboxylic acids is 1. The number of carbonyl (C=O) groups is 1. The minimum Gasteiger partial charge on any atom is -0.502 e. The molecule has 1 amide bonds. The molecule has 0 atom stereocenters. The Morgan fingerprint density at radius 2 is 2.29 bits per heavy atom. The number of hydrogen-bond donors (Lipinski definition) is 1. The van der Waals surface area contributed by atoms with Crippen LogP contribution in [0.5, 0.6) is 5.75 Å². The van der Waals surface area contributed by atoms with Gasteiger partial charge < -0.3 is 14.7 Å². The van der Waals surface area contributed by atoms with Crippen molar-refractivity contribution in [3.05, 3.63) is 45.5 Å². The molecule has 0 aliphatic carbocycles. The normalized spacial score (nSPS) is 14.7. The van der Waals surface area contributed by atoms with Crippen molar-refractivity contribution in [2.75, 3.05) is 26.8 Å². The van der Waals surface area contributed by atoms with Crippen LogP contribution in [0.3, 0.4) is 0 Å². The second kappa shape index (κ2) is 6.36. The maximum atomic E-state index is 12.3. The van der Waals surface area contributed by atoms with E-state index in [-0.39, 0.29) is 11.5 Å². The lowest BCUT2D eigenvalue weighted by atomic mass is 10.1. The zero-order valence-electron chi connectivity index (χ0n) is 11.6. The molecule has 1 aromatic rings. The minimum absolute atomic E-state index is 0.238. The van der Waals surface area contributed by atoms with E-state index in [4.69, 9.17) is 4.74 Å². The molecule has 0 bridgehead atoms. The van der Waals surface area contributed by atoms with Gasteiger partial charge in [0.05, 0.1) is 11.5 Å². The van der Waals surface area contributed by atoms with Crippen LogP contribution >= 0.6 is 0 Å². The molecule has 1 heterocycles. The van der Waals surface area contributed by atoms with Crippen LogP contribution in [0.25, 0.3) is 0 Å². The number of amides is 1. The van der Waals surface area contributed by atoms with E-state index in [1.807, 2.05) is 6.08 Å². The van der Waals surface area contributed by atoms with Crippen molar-refractivity contribution >= 4 is 11.6 Å². The van der Waals surface area contributed by atoms with Crippen LogP contribution in [0.4, 0.5) is 5.69 Å². The monoisotopic (exact) mass is 292 g/mol. The maximum absolute atomic E-state index is 12.3. The summed E-state index contributed by atoms with van der Waals surface area (Å²) in [6.07, 6.45) is 2.68. The third-order valence-corrected chi connectivity index (χ3v) is 3.34. The summed E-state index contributed by atoms with van der Waals surface area (Å²) in [7, 11) is 1.62. The van der Waals surface area contributed by atoms with E-state index < -0.39 is 16.4 Å². The summed E-state index contributed by atoms with van der Waals surface area (Å²) in [5, 5.41) is 20.2. The topological polar surface area (TPSA) is 92.9 Å². The molecular weight excluding hydrogens is 276 g/mol. The molecule has 21 heavy (non-hydrogen) atoms. The predicted octanol–water partition coefficient (Wildman–Crippen LogP) is 1.72. The molecule has 7 heteroatoms. The zero-order valence-corrected chi connectivity index (χ0v) is 11.6. The molecule has 112 valence electrons. The molecule has 1 N–H and O–H groups in total. The van der Waals surface area contributed by atoms with Crippen molar-refractivity contribution in [3.63, 3.8) is 0 Å². The molecule has 0 unspecified atom stereocenters. The van der Waals surface area contributed by atoms with Gasteiger partial charge in [-0.1, -0.05) is 6.08 Å². The van der Waals surface area contributed by atoms with E-state index in [9.17, 15) is 20.0 Å². The molecule has 0 radical (unpaired) electrons. The standard InChI is InChI=1S/C14H16N2O5/c1-21-9-10-4-6-15(7-5-10)14(18)11-2-3-12(16(19)20)13(17)8-11/h2-4,8,17H,5-7,9H2,1H3. The summed E-state index contributed by atoms with van der Waals surface area (Å²) < 4.78 is 5.04. The third-order valence-electron chi connectivity index (χ3n) is 3.34. The summed E-state index contributed by atoms with van der Waals surface area (Å²) in [4.78, 5) is 23.8. The Bertz CT molecular complexity index is 597. The fourth-order valence-corrected chi connectivity index (χ4v) is 2.21. The van der Waals surface area contributed by atoms with Crippen LogP contribution in [0.1, 0.15) is 16.8 Å². The average molecular weight is 292 g/mol. The first-order valence-corrected chi connectivity index (χ1v) is 6.46. The summed E-state index contributed by atoms with van der Waals surface area (Å²) in [6, 6.07) is 3.63. The van der Waals surface area contributed by atoms with Gasteiger partial charge in [0, 0.05) is 31.8 Å². The molecule has 0 spiro atoms. The fourth-order valence-electron chi connectivity index (χ4n) is 2.21. The van der Waals surface area contributed by atoms with Gasteiger partial charge in [0.1, 0.15) is 0 Å². The number of nitrogens with zero attached hydrogens (tertiary/aromatic N) is 2. The third kappa shape index (κ3) is 3.38. The zero-order chi connectivity index (χ0) is 15.4. The molecule has 0 fully saturated rings. The van der Waals surface area contributed by atoms with Crippen LogP contribution in [0, 0.1) is 10.1 Å². The summed E-state index contributed by atoms with van der Waals surface area (Å²) in [5.74, 6) is -0.758. The first-order valence-electron chi connectivity index (χ1n) is 6.46. The van der Waals surface area contributed by atoms with E-state index in [0.717, 1.165) is 24.1 Å². The van der Waals surface area contributed by atoms with Crippen molar-refractivity contribution in [3.8, 4) is 5.75 Å². The minimum atomic E-state index is -0.690. The SMILES string of the molecule is COCC1=CCN(C(=O)c2ccc([N+](=O)[O-])c(O)c2)CC1. The molecule has 0 aromatic heterocycles. The van der Waals surface area contributed by atoms with Crippen molar-refractivity contribution in [1.29, 1.82) is 0 Å². The lowest BCUT2D eigenvalue weighted by Gasteiger charge is -2.26. The number of phenols is 1. The van der Waals surface area contributed by atoms with Gasteiger partial charge in [-0.3, -0.25) is 14.9 Å². The van der Waals surface area contributed by atoms with Crippen LogP contribution in [0.2, 0.25) is 0 Å². The molecule has 0 saturated heterocycles. The summed E-state index contributed by atoms with van der Waals surface area (Å²) in [6.45, 7) is 1.58. The van der Waals surface area contributed by atoms with Crippen molar-refractivity contribution < 1.29 is 19.6 Å². The van der Waals surface area contributed by atoms with Crippen LogP contribution in [-0.2, 0) is 4.74 Å². The van der Waals surface area contributed by atoms with E-state index >= 15 is 0 Å². The number of benzene rings is 1. The number of aromatic hydroxyl groups is 1. The van der Waals surface area contributed by atoms with Crippen molar-refractivity contribution in [2.24, 2.45) is 0 Å². The average Bonchev–Trinajstić information content (AvgIpc) is 2.47. The molecular formula is C14H16N2O5. The van der Waals surface area contributed by atoms with E-state index in [1.54, 1.807) is 12.0 Å². The van der Waals surface area contributed by atoms with Gasteiger partial charge in [0.15, 0.2) is 5.75 Å². The molecule has 1 aliphatic rings. The first-order chi connectivity index (χ1) is 10.0. The Hall–Kier alpha value is -2.41. The second-order valence-electron chi connectivity index (χ2n) is 4.76. The highest BCUT2D eigenvalue weighted by molar-refractivity contribution is 5.95. The number of rotatable bonds is 4. The highest BCUT2D eigenvalue weighted by atomic mass is 16.6. The van der Waals surface area contributed by atoms with Gasteiger partial charge in [-0.25, -0.2) is 0 Å². The molecule has 1 aliphatic heterocycles. The number of nitro groups is 1. The summed E-state index contributed by atoms with van der Waals surface area (Å²) in [5.41, 5.74) is 0.974. The molecule has 1 aromatic carbocycles. The van der Waals surface area contributed by atoms with Crippen molar-refractivity contribution in [2.45, 2.75) is 6.42 Å². The number of nitro benzene ring substituents is 1. The predicted molar refractivity (Wildman–Crippen MR) is 75.2 cm³/mol. The Kier molecular flexibility index (Phi) is 4.54. The molecule has 0 saturated carbocycles. The van der Waals surface area contributed by atoms with Crippen LogP contribution in [-0.4, -0.2) is 47.6 Å². The molecule has 7 nitrogen and oxygen atoms in total. The lowest BCUT2D eigenvalue weighted by Crippen LogP contribution is -2.35. The highest BCUT2D eigenvalue weighted by Gasteiger charge is 2.21. The smallest absolute Gasteiger partial charge is 0.310 e. The number of phenolic OH excluding ortho intramolecular Hbond substituents is 1. The van der Waals surface area contributed by atoms with Crippen LogP contribution < -0.4 is 0 Å². The van der Waals surface area contributed by atoms with E-state index in [2.05, 4.69) is 0 Å². The molecule has 2 rings (SSSR count). The second-order valence-corrected chi connectivity index (χ2v) is 4.76. The van der Waals surface area contributed by atoms with Gasteiger partial charge >= 0.3 is 5.69 Å². The maximum Gasteiger partial charge on any atom is 0.310 e. The van der Waals surface area contributed by atoms with Crippen molar-refractivity contribution in [1.82, 2.24) is 4.90 Å². The highest BCUT2D eigenvalue weighted by Crippen LogP contribution is 2.27. The number of methoxy groups -OCH3 is 1. The largest absolute Gasteiger partial charge is 0.502 e. The van der Waals surface area contributed by atoms with Gasteiger partial charge in [0.25, 0.3) is 5.91 Å². The van der Waals surface area contributed by atoms with E-state index in [0.29, 0.717) is 19.7 Å². The van der Waals surface area contributed by atoms with Crippen LogP contribution in [0.15, 0.2) is 29.8 Å². The summed E-state index contributed by atoms with van der Waals surface area (Å²) >= 11 is 0. The Morgan fingerprint density at radius 3 is 2.81 bits per heavy atom. The Labute approximate surface area is 121 Å². The Balaban J connectivity index is 2.11. The number of hydrogen-bond acceptors (Lipinski definition) is 5.